The van der Waals surface area contributed by atoms with Crippen molar-refractivity contribution in [3.8, 4) is 16.9 Å². The van der Waals surface area contributed by atoms with E-state index in [1.54, 1.807) is 17.1 Å². The van der Waals surface area contributed by atoms with Crippen LogP contribution in [0.5, 0.6) is 0 Å². The van der Waals surface area contributed by atoms with Gasteiger partial charge >= 0.3 is 6.09 Å². The highest BCUT2D eigenvalue weighted by atomic mass is 35.5. The Kier molecular flexibility index (Phi) is 9.46. The monoisotopic (exact) mass is 627 g/mol. The van der Waals surface area contributed by atoms with E-state index in [9.17, 15) is 13.2 Å². The van der Waals surface area contributed by atoms with Gasteiger partial charge in [0, 0.05) is 55.7 Å². The molecule has 43 heavy (non-hydrogen) atoms. The highest BCUT2D eigenvalue weighted by Crippen LogP contribution is 2.31. The number of benzene rings is 1. The minimum atomic E-state index is -3.21. The van der Waals surface area contributed by atoms with Gasteiger partial charge in [-0.05, 0) is 49.8 Å². The zero-order valence-electron chi connectivity index (χ0n) is 24.0. The third-order valence-corrected chi connectivity index (χ3v) is 9.40. The van der Waals surface area contributed by atoms with E-state index in [1.165, 1.54) is 23.9 Å². The standard InChI is InChI=1S/C28H34ClN9O4S/c1-30-24-16-32-27(34-20-8-10-37(11-9-20)43(3,40)41)36-26(24)19-15-33-38(17-19)25-7-4-18(12-23(25)29)14-31-21-5-6-22(13-21)35-28(39)42-2/h4,7,12,15-17,20-22,31H,5-6,8-11,13-14H2,2-3H3,(H,35,39)(H,32,34,36)/t21-,22+/m1/s1. The molecule has 5 rings (SSSR count). The fourth-order valence-electron chi connectivity index (χ4n) is 5.46. The van der Waals surface area contributed by atoms with Gasteiger partial charge in [0.2, 0.25) is 21.7 Å². The van der Waals surface area contributed by atoms with Gasteiger partial charge in [0.1, 0.15) is 0 Å². The molecule has 0 radical (unpaired) electrons. The molecule has 3 heterocycles. The summed E-state index contributed by atoms with van der Waals surface area (Å²) in [5, 5.41) is 14.7. The van der Waals surface area contributed by atoms with E-state index in [0.717, 1.165) is 24.8 Å². The topological polar surface area (TPSA) is 148 Å². The number of anilines is 1. The van der Waals surface area contributed by atoms with Crippen LogP contribution in [0, 0.1) is 6.57 Å². The number of aromatic nitrogens is 4. The highest BCUT2D eigenvalue weighted by Gasteiger charge is 2.27. The van der Waals surface area contributed by atoms with Crippen LogP contribution in [0.4, 0.5) is 16.4 Å². The van der Waals surface area contributed by atoms with Crippen molar-refractivity contribution >= 4 is 39.4 Å². The number of nitrogens with zero attached hydrogens (tertiary/aromatic N) is 6. The molecule has 0 bridgehead atoms. The van der Waals surface area contributed by atoms with Crippen LogP contribution in [0.15, 0.2) is 36.8 Å². The van der Waals surface area contributed by atoms with Crippen LogP contribution in [0.3, 0.4) is 0 Å². The van der Waals surface area contributed by atoms with Crippen molar-refractivity contribution < 1.29 is 17.9 Å². The normalized spacial score (nSPS) is 19.6. The zero-order valence-corrected chi connectivity index (χ0v) is 25.5. The van der Waals surface area contributed by atoms with Gasteiger partial charge in [-0.3, -0.25) is 0 Å². The van der Waals surface area contributed by atoms with E-state index in [0.29, 0.717) is 72.1 Å². The second-order valence-electron chi connectivity index (χ2n) is 10.8. The molecule has 3 N–H and O–H groups in total. The maximum absolute atomic E-state index is 11.8. The number of carbonyl (C=O) groups excluding carboxylic acids is 1. The van der Waals surface area contributed by atoms with Crippen molar-refractivity contribution in [1.29, 1.82) is 0 Å². The summed E-state index contributed by atoms with van der Waals surface area (Å²) in [6.45, 7) is 9.10. The van der Waals surface area contributed by atoms with Gasteiger partial charge in [0.05, 0.1) is 42.5 Å². The van der Waals surface area contributed by atoms with Crippen molar-refractivity contribution in [3.05, 3.63) is 58.8 Å². The van der Waals surface area contributed by atoms with Gasteiger partial charge in [-0.15, -0.1) is 0 Å². The third-order valence-electron chi connectivity index (χ3n) is 7.80. The first-order chi connectivity index (χ1) is 20.6. The van der Waals surface area contributed by atoms with Crippen LogP contribution in [-0.4, -0.2) is 83.1 Å². The molecule has 1 aliphatic carbocycles. The van der Waals surface area contributed by atoms with Gasteiger partial charge in [-0.25, -0.2) is 37.0 Å². The predicted octanol–water partition coefficient (Wildman–Crippen LogP) is 3.74. The quantitative estimate of drug-likeness (QED) is 0.302. The number of hydrogen-bond donors (Lipinski definition) is 3. The number of ether oxygens (including phenoxy) is 1. The molecule has 1 aliphatic heterocycles. The molecule has 2 aromatic heterocycles. The number of methoxy groups -OCH3 is 1. The van der Waals surface area contributed by atoms with E-state index < -0.39 is 16.1 Å². The Bertz CT molecular complexity index is 1620. The number of sulfonamides is 1. The largest absolute Gasteiger partial charge is 0.453 e. The average molecular weight is 628 g/mol. The Morgan fingerprint density at radius 2 is 1.93 bits per heavy atom. The van der Waals surface area contributed by atoms with Gasteiger partial charge in [-0.2, -0.15) is 5.10 Å². The minimum Gasteiger partial charge on any atom is -0.453 e. The fourth-order valence-corrected chi connectivity index (χ4v) is 6.63. The Morgan fingerprint density at radius 3 is 2.63 bits per heavy atom. The molecule has 0 unspecified atom stereocenters. The molecule has 1 aromatic carbocycles. The van der Waals surface area contributed by atoms with Crippen LogP contribution in [0.1, 0.15) is 37.7 Å². The molecule has 2 aliphatic rings. The smallest absolute Gasteiger partial charge is 0.407 e. The molecule has 2 fully saturated rings. The molecular formula is C28H34ClN9O4S. The van der Waals surface area contributed by atoms with Gasteiger partial charge < -0.3 is 20.7 Å². The van der Waals surface area contributed by atoms with Crippen LogP contribution in [-0.2, 0) is 21.3 Å². The number of piperidine rings is 1. The second-order valence-corrected chi connectivity index (χ2v) is 13.2. The zero-order chi connectivity index (χ0) is 30.6. The fraction of sp³-hybridized carbons (Fsp3) is 0.464. The molecule has 2 atom stereocenters. The Hall–Kier alpha value is -3.77. The molecule has 1 saturated carbocycles. The lowest BCUT2D eigenvalue weighted by Gasteiger charge is -2.30. The SMILES string of the molecule is [C-]#[N+]c1cnc(NC2CCN(S(C)(=O)=O)CC2)nc1-c1cnn(-c2ccc(CN[C@@H]3CC[C@H](NC(=O)OC)C3)cc2Cl)c1. The summed E-state index contributed by atoms with van der Waals surface area (Å²) in [6, 6.07) is 6.20. The average Bonchev–Trinajstić information content (AvgIpc) is 3.66. The van der Waals surface area contributed by atoms with Crippen molar-refractivity contribution in [3.63, 3.8) is 0 Å². The Morgan fingerprint density at radius 1 is 1.16 bits per heavy atom. The Balaban J connectivity index is 1.23. The number of amides is 1. The predicted molar refractivity (Wildman–Crippen MR) is 163 cm³/mol. The lowest BCUT2D eigenvalue weighted by Crippen LogP contribution is -2.42. The van der Waals surface area contributed by atoms with Crippen LogP contribution in [0.25, 0.3) is 21.8 Å². The van der Waals surface area contributed by atoms with Crippen LogP contribution < -0.4 is 16.0 Å². The first kappa shape index (κ1) is 30.7. The second kappa shape index (κ2) is 13.3. The first-order valence-electron chi connectivity index (χ1n) is 14.0. The summed E-state index contributed by atoms with van der Waals surface area (Å²) in [7, 11) is -1.84. The van der Waals surface area contributed by atoms with Gasteiger partial charge in [0.25, 0.3) is 0 Å². The van der Waals surface area contributed by atoms with E-state index >= 15 is 0 Å². The van der Waals surface area contributed by atoms with Gasteiger partial charge in [0.15, 0.2) is 0 Å². The summed E-state index contributed by atoms with van der Waals surface area (Å²) in [5.74, 6) is 0.373. The number of nitrogens with one attached hydrogen (secondary N) is 3. The Labute approximate surface area is 255 Å². The van der Waals surface area contributed by atoms with Crippen molar-refractivity contribution in [2.75, 3.05) is 31.8 Å². The first-order valence-corrected chi connectivity index (χ1v) is 16.2. The summed E-state index contributed by atoms with van der Waals surface area (Å²) in [6.07, 6.45) is 9.68. The van der Waals surface area contributed by atoms with Crippen molar-refractivity contribution in [2.45, 2.75) is 56.8 Å². The van der Waals surface area contributed by atoms with Gasteiger partial charge in [-0.1, -0.05) is 17.7 Å². The number of alkyl carbamates (subject to hydrolysis) is 1. The molecule has 228 valence electrons. The number of carbonyl (C=O) groups is 1. The maximum atomic E-state index is 11.8. The molecular weight excluding hydrogens is 594 g/mol. The van der Waals surface area contributed by atoms with E-state index in [1.807, 2.05) is 18.2 Å². The van der Waals surface area contributed by atoms with E-state index in [2.05, 4.69) is 40.6 Å². The lowest BCUT2D eigenvalue weighted by molar-refractivity contribution is 0.166. The summed E-state index contributed by atoms with van der Waals surface area (Å²) >= 11 is 6.67. The number of hydrogen-bond acceptors (Lipinski definition) is 9. The van der Waals surface area contributed by atoms with Crippen LogP contribution in [0.2, 0.25) is 5.02 Å². The highest BCUT2D eigenvalue weighted by molar-refractivity contribution is 7.88. The third kappa shape index (κ3) is 7.61. The molecule has 1 amide bonds. The summed E-state index contributed by atoms with van der Waals surface area (Å²) < 4.78 is 31.4. The maximum Gasteiger partial charge on any atom is 0.407 e. The molecule has 3 aromatic rings. The number of halogens is 1. The number of rotatable bonds is 9. The van der Waals surface area contributed by atoms with Crippen molar-refractivity contribution in [1.82, 2.24) is 34.7 Å². The lowest BCUT2D eigenvalue weighted by atomic mass is 10.1. The van der Waals surface area contributed by atoms with Crippen molar-refractivity contribution in [2.24, 2.45) is 0 Å². The molecule has 13 nitrogen and oxygen atoms in total. The van der Waals surface area contributed by atoms with E-state index in [-0.39, 0.29) is 12.1 Å². The molecule has 15 heteroatoms. The summed E-state index contributed by atoms with van der Waals surface area (Å²) in [4.78, 5) is 24.0. The molecule has 1 saturated heterocycles. The minimum absolute atomic E-state index is 0.0193. The molecule has 0 spiro atoms. The van der Waals surface area contributed by atoms with Crippen LogP contribution >= 0.6 is 11.6 Å². The van der Waals surface area contributed by atoms with E-state index in [4.69, 9.17) is 18.2 Å². The summed E-state index contributed by atoms with van der Waals surface area (Å²) in [5.41, 5.74) is 3.09.